The van der Waals surface area contributed by atoms with Crippen LogP contribution in [0.2, 0.25) is 5.02 Å². The summed E-state index contributed by atoms with van der Waals surface area (Å²) >= 11 is 6.04. The van der Waals surface area contributed by atoms with Crippen molar-refractivity contribution in [2.45, 2.75) is 24.3 Å². The number of piperazine rings is 1. The molecule has 7 nitrogen and oxygen atoms in total. The monoisotopic (exact) mass is 584 g/mol. The molecule has 4 aromatic rings. The maximum absolute atomic E-state index is 13.3. The lowest BCUT2D eigenvalue weighted by Crippen LogP contribution is -2.50. The molecule has 1 aliphatic heterocycles. The number of hydrogen-bond acceptors (Lipinski definition) is 5. The lowest BCUT2D eigenvalue weighted by molar-refractivity contribution is 0.0698. The Labute approximate surface area is 240 Å². The van der Waals surface area contributed by atoms with Gasteiger partial charge in [-0.2, -0.15) is 4.31 Å². The van der Waals surface area contributed by atoms with Crippen LogP contribution >= 0.6 is 24.0 Å². The zero-order chi connectivity index (χ0) is 27.1. The average molecular weight is 586 g/mol. The largest absolute Gasteiger partial charge is 0.336 e. The van der Waals surface area contributed by atoms with Crippen molar-refractivity contribution in [2.24, 2.45) is 5.73 Å². The highest BCUT2D eigenvalue weighted by Crippen LogP contribution is 2.26. The van der Waals surface area contributed by atoms with E-state index in [0.29, 0.717) is 23.7 Å². The van der Waals surface area contributed by atoms with Crippen LogP contribution in [0.4, 0.5) is 0 Å². The molecule has 0 atom stereocenters. The van der Waals surface area contributed by atoms with Gasteiger partial charge in [0.1, 0.15) is 0 Å². The second-order valence-corrected chi connectivity index (χ2v) is 12.5. The normalized spacial score (nSPS) is 14.7. The van der Waals surface area contributed by atoms with Crippen LogP contribution in [-0.4, -0.2) is 54.7 Å². The van der Waals surface area contributed by atoms with Crippen LogP contribution < -0.4 is 5.73 Å². The van der Waals surface area contributed by atoms with E-state index in [1.807, 2.05) is 44.2 Å². The maximum atomic E-state index is 13.3. The van der Waals surface area contributed by atoms with E-state index in [1.165, 1.54) is 4.31 Å². The molecular formula is C29H30Cl2N4O3S. The molecule has 0 spiro atoms. The highest BCUT2D eigenvalue weighted by Gasteiger charge is 2.30. The van der Waals surface area contributed by atoms with E-state index in [4.69, 9.17) is 17.3 Å². The molecule has 0 bridgehead atoms. The molecule has 3 aromatic carbocycles. The number of amides is 1. The third-order valence-corrected chi connectivity index (χ3v) is 8.95. The number of aromatic nitrogens is 1. The Balaban J connectivity index is 0.00000353. The molecule has 204 valence electrons. The first-order valence-electron chi connectivity index (χ1n) is 12.4. The van der Waals surface area contributed by atoms with Gasteiger partial charge in [-0.05, 0) is 84.3 Å². The van der Waals surface area contributed by atoms with Gasteiger partial charge in [-0.15, -0.1) is 12.4 Å². The van der Waals surface area contributed by atoms with Crippen molar-refractivity contribution in [3.05, 3.63) is 95.3 Å². The Bertz CT molecular complexity index is 1610. The minimum absolute atomic E-state index is 0. The van der Waals surface area contributed by atoms with Gasteiger partial charge in [-0.1, -0.05) is 35.9 Å². The molecule has 39 heavy (non-hydrogen) atoms. The first kappa shape index (κ1) is 29.0. The number of rotatable bonds is 5. The highest BCUT2D eigenvalue weighted by molar-refractivity contribution is 7.89. The van der Waals surface area contributed by atoms with E-state index in [1.54, 1.807) is 53.6 Å². The predicted molar refractivity (Wildman–Crippen MR) is 158 cm³/mol. The van der Waals surface area contributed by atoms with E-state index in [2.05, 4.69) is 4.98 Å². The van der Waals surface area contributed by atoms with Gasteiger partial charge in [-0.3, -0.25) is 9.78 Å². The number of halogens is 2. The molecule has 1 aromatic heterocycles. The Morgan fingerprint density at radius 2 is 1.51 bits per heavy atom. The number of fused-ring (bicyclic) bond motifs is 1. The SMILES string of the molecule is CC(C)(N)c1cc(-c2ccc(C(=O)N3CCN(S(=O)(=O)c4ccc5cc(Cl)ccc5c4)CC3)cc2)ccn1.Cl. The number of sulfonamides is 1. The number of pyridine rings is 1. The van der Waals surface area contributed by atoms with Gasteiger partial charge in [0.2, 0.25) is 10.0 Å². The molecule has 2 heterocycles. The van der Waals surface area contributed by atoms with Crippen LogP contribution in [0.15, 0.2) is 83.9 Å². The number of benzene rings is 3. The van der Waals surface area contributed by atoms with Crippen LogP contribution in [0, 0.1) is 0 Å². The Morgan fingerprint density at radius 3 is 2.18 bits per heavy atom. The van der Waals surface area contributed by atoms with E-state index in [-0.39, 0.29) is 36.3 Å². The Kier molecular flexibility index (Phi) is 8.35. The number of nitrogens with two attached hydrogens (primary N) is 1. The van der Waals surface area contributed by atoms with Crippen molar-refractivity contribution in [2.75, 3.05) is 26.2 Å². The summed E-state index contributed by atoms with van der Waals surface area (Å²) in [5, 5.41) is 2.29. The third kappa shape index (κ3) is 6.10. The van der Waals surface area contributed by atoms with Crippen LogP contribution in [0.1, 0.15) is 29.9 Å². The number of carbonyl (C=O) groups excluding carboxylic acids is 1. The molecule has 10 heteroatoms. The molecule has 1 aliphatic rings. The maximum Gasteiger partial charge on any atom is 0.253 e. The van der Waals surface area contributed by atoms with Gasteiger partial charge in [-0.25, -0.2) is 8.42 Å². The first-order chi connectivity index (χ1) is 18.0. The van der Waals surface area contributed by atoms with Gasteiger partial charge >= 0.3 is 0 Å². The summed E-state index contributed by atoms with van der Waals surface area (Å²) in [6, 6.07) is 21.7. The lowest BCUT2D eigenvalue weighted by Gasteiger charge is -2.34. The molecule has 1 saturated heterocycles. The van der Waals surface area contributed by atoms with E-state index in [0.717, 1.165) is 27.6 Å². The van der Waals surface area contributed by atoms with Gasteiger partial charge < -0.3 is 10.6 Å². The van der Waals surface area contributed by atoms with Crippen LogP contribution in [0.3, 0.4) is 0 Å². The molecule has 5 rings (SSSR count). The fraction of sp³-hybridized carbons (Fsp3) is 0.241. The van der Waals surface area contributed by atoms with Gasteiger partial charge in [0, 0.05) is 43.0 Å². The van der Waals surface area contributed by atoms with Crippen LogP contribution in [0.5, 0.6) is 0 Å². The summed E-state index contributed by atoms with van der Waals surface area (Å²) < 4.78 is 28.0. The van der Waals surface area contributed by atoms with Gasteiger partial charge in [0.15, 0.2) is 0 Å². The van der Waals surface area contributed by atoms with Crippen LogP contribution in [-0.2, 0) is 15.6 Å². The average Bonchev–Trinajstić information content (AvgIpc) is 2.92. The van der Waals surface area contributed by atoms with Crippen molar-refractivity contribution in [1.29, 1.82) is 0 Å². The summed E-state index contributed by atoms with van der Waals surface area (Å²) in [7, 11) is -3.68. The minimum Gasteiger partial charge on any atom is -0.336 e. The summed E-state index contributed by atoms with van der Waals surface area (Å²) in [6.45, 7) is 4.93. The number of hydrogen-bond donors (Lipinski definition) is 1. The molecule has 0 aliphatic carbocycles. The van der Waals surface area contributed by atoms with Crippen molar-refractivity contribution < 1.29 is 13.2 Å². The molecule has 1 amide bonds. The highest BCUT2D eigenvalue weighted by atomic mass is 35.5. The molecule has 0 saturated carbocycles. The van der Waals surface area contributed by atoms with Crippen molar-refractivity contribution >= 4 is 50.7 Å². The van der Waals surface area contributed by atoms with Crippen LogP contribution in [0.25, 0.3) is 21.9 Å². The zero-order valence-corrected chi connectivity index (χ0v) is 24.1. The zero-order valence-electron chi connectivity index (χ0n) is 21.7. The summed E-state index contributed by atoms with van der Waals surface area (Å²) in [6.07, 6.45) is 1.74. The van der Waals surface area contributed by atoms with E-state index in [9.17, 15) is 13.2 Å². The summed E-state index contributed by atoms with van der Waals surface area (Å²) in [5.41, 5.74) is 8.92. The van der Waals surface area contributed by atoms with E-state index < -0.39 is 15.6 Å². The fourth-order valence-corrected chi connectivity index (χ4v) is 6.22. The van der Waals surface area contributed by atoms with Gasteiger partial charge in [0.25, 0.3) is 5.91 Å². The topological polar surface area (TPSA) is 96.6 Å². The lowest BCUT2D eigenvalue weighted by atomic mass is 9.97. The minimum atomic E-state index is -3.68. The summed E-state index contributed by atoms with van der Waals surface area (Å²) in [4.78, 5) is 19.5. The van der Waals surface area contributed by atoms with E-state index >= 15 is 0 Å². The second-order valence-electron chi connectivity index (χ2n) is 10.1. The fourth-order valence-electron chi connectivity index (χ4n) is 4.59. The second kappa shape index (κ2) is 11.2. The van der Waals surface area contributed by atoms with Crippen molar-refractivity contribution in [3.63, 3.8) is 0 Å². The Morgan fingerprint density at radius 1 is 0.872 bits per heavy atom. The number of carbonyl (C=O) groups is 1. The molecule has 1 fully saturated rings. The molecular weight excluding hydrogens is 555 g/mol. The van der Waals surface area contributed by atoms with Crippen molar-refractivity contribution in [3.8, 4) is 11.1 Å². The Hall–Kier alpha value is -3.01. The molecule has 2 N–H and O–H groups in total. The van der Waals surface area contributed by atoms with Gasteiger partial charge in [0.05, 0.1) is 16.1 Å². The molecule has 0 radical (unpaired) electrons. The quantitative estimate of drug-likeness (QED) is 0.342. The standard InChI is InChI=1S/C29H29ClN4O3S.ClH/c1-29(2,31)27-19-24(11-12-32-27)20-3-5-21(6-4-20)28(35)33-13-15-34(16-14-33)38(36,37)26-10-8-22-17-25(30)9-7-23(22)18-26;/h3-12,17-19H,13-16,31H2,1-2H3;1H. The molecule has 0 unspecified atom stereocenters. The first-order valence-corrected chi connectivity index (χ1v) is 14.2. The van der Waals surface area contributed by atoms with Crippen molar-refractivity contribution in [1.82, 2.24) is 14.2 Å². The number of nitrogens with zero attached hydrogens (tertiary/aromatic N) is 3. The predicted octanol–water partition coefficient (Wildman–Crippen LogP) is 5.32. The third-order valence-electron chi connectivity index (χ3n) is 6.82. The smallest absolute Gasteiger partial charge is 0.253 e. The summed E-state index contributed by atoms with van der Waals surface area (Å²) in [5.74, 6) is -0.116.